The second kappa shape index (κ2) is 7.41. The largest absolute Gasteiger partial charge is 0.395 e. The number of hydrogen-bond donors (Lipinski definition) is 3. The number of sulfonamides is 1. The molecule has 1 aliphatic heterocycles. The van der Waals surface area contributed by atoms with Crippen LogP contribution in [0, 0.1) is 0 Å². The number of halogens is 1. The van der Waals surface area contributed by atoms with Gasteiger partial charge in [0, 0.05) is 12.6 Å². The summed E-state index contributed by atoms with van der Waals surface area (Å²) in [6, 6.07) is 0.0651. The van der Waals surface area contributed by atoms with Gasteiger partial charge in [0.2, 0.25) is 10.0 Å². The quantitative estimate of drug-likeness (QED) is 0.586. The average Bonchev–Trinajstić information content (AvgIpc) is 2.17. The van der Waals surface area contributed by atoms with Crippen molar-refractivity contribution in [2.75, 3.05) is 25.5 Å². The van der Waals surface area contributed by atoms with E-state index in [1.807, 2.05) is 0 Å². The van der Waals surface area contributed by atoms with E-state index in [1.54, 1.807) is 0 Å². The Bertz CT molecular complexity index is 278. The van der Waals surface area contributed by atoms with Crippen LogP contribution in [0.5, 0.6) is 0 Å². The Balaban J connectivity index is 0.00000225. The van der Waals surface area contributed by atoms with Crippen molar-refractivity contribution in [1.82, 2.24) is 4.72 Å². The lowest BCUT2D eigenvalue weighted by atomic mass is 10.1. The molecular formula is C8H19ClN2O4S. The van der Waals surface area contributed by atoms with Gasteiger partial charge in [-0.15, -0.1) is 12.4 Å². The summed E-state index contributed by atoms with van der Waals surface area (Å²) in [5.74, 6) is -0.265. The lowest BCUT2D eigenvalue weighted by Gasteiger charge is -2.26. The predicted octanol–water partition coefficient (Wildman–Crippen LogP) is -1.17. The predicted molar refractivity (Wildman–Crippen MR) is 63.1 cm³/mol. The number of hydrogen-bond acceptors (Lipinski definition) is 5. The van der Waals surface area contributed by atoms with Crippen LogP contribution in [0.3, 0.4) is 0 Å². The summed E-state index contributed by atoms with van der Waals surface area (Å²) in [5, 5.41) is 8.51. The fourth-order valence-corrected chi connectivity index (χ4v) is 2.22. The second-order valence-corrected chi connectivity index (χ2v) is 5.61. The molecule has 0 bridgehead atoms. The molecule has 1 fully saturated rings. The van der Waals surface area contributed by atoms with Crippen LogP contribution < -0.4 is 10.5 Å². The molecule has 4 N–H and O–H groups in total. The molecule has 0 radical (unpaired) electrons. The van der Waals surface area contributed by atoms with Gasteiger partial charge in [0.25, 0.3) is 0 Å². The van der Waals surface area contributed by atoms with Crippen LogP contribution in [-0.2, 0) is 14.8 Å². The number of nitrogens with two attached hydrogens (primary N) is 1. The number of aliphatic hydroxyl groups is 1. The van der Waals surface area contributed by atoms with Gasteiger partial charge in [0.15, 0.2) is 0 Å². The van der Waals surface area contributed by atoms with Crippen LogP contribution in [-0.4, -0.2) is 51.2 Å². The first-order valence-electron chi connectivity index (χ1n) is 4.99. The third kappa shape index (κ3) is 5.97. The van der Waals surface area contributed by atoms with E-state index < -0.39 is 10.0 Å². The second-order valence-electron chi connectivity index (χ2n) is 3.68. The van der Waals surface area contributed by atoms with E-state index in [4.69, 9.17) is 15.6 Å². The molecule has 0 aliphatic carbocycles. The molecule has 16 heavy (non-hydrogen) atoms. The van der Waals surface area contributed by atoms with E-state index in [1.165, 1.54) is 0 Å². The zero-order valence-corrected chi connectivity index (χ0v) is 10.6. The SMILES string of the molecule is Cl.N[C@@H]1CC[C@@H](CNS(=O)(=O)CCO)OC1. The summed E-state index contributed by atoms with van der Waals surface area (Å²) in [4.78, 5) is 0. The van der Waals surface area contributed by atoms with Crippen molar-refractivity contribution in [2.45, 2.75) is 25.0 Å². The molecule has 0 amide bonds. The fourth-order valence-electron chi connectivity index (χ4n) is 1.40. The van der Waals surface area contributed by atoms with E-state index in [2.05, 4.69) is 4.72 Å². The maximum atomic E-state index is 11.2. The minimum absolute atomic E-state index is 0. The minimum Gasteiger partial charge on any atom is -0.395 e. The normalized spacial score (nSPS) is 26.1. The Morgan fingerprint density at radius 3 is 2.62 bits per heavy atom. The smallest absolute Gasteiger partial charge is 0.213 e. The van der Waals surface area contributed by atoms with Crippen molar-refractivity contribution in [3.05, 3.63) is 0 Å². The lowest BCUT2D eigenvalue weighted by Crippen LogP contribution is -2.42. The molecule has 1 saturated heterocycles. The summed E-state index contributed by atoms with van der Waals surface area (Å²) < 4.78 is 30.1. The third-order valence-electron chi connectivity index (χ3n) is 2.30. The van der Waals surface area contributed by atoms with Crippen LogP contribution in [0.2, 0.25) is 0 Å². The average molecular weight is 275 g/mol. The molecular weight excluding hydrogens is 256 g/mol. The maximum absolute atomic E-state index is 11.2. The van der Waals surface area contributed by atoms with Crippen LogP contribution in [0.25, 0.3) is 0 Å². The Morgan fingerprint density at radius 1 is 1.44 bits per heavy atom. The summed E-state index contributed by atoms with van der Waals surface area (Å²) in [6.07, 6.45) is 1.52. The number of aliphatic hydroxyl groups excluding tert-OH is 1. The first kappa shape index (κ1) is 16.1. The van der Waals surface area contributed by atoms with Gasteiger partial charge in [-0.3, -0.25) is 0 Å². The van der Waals surface area contributed by atoms with Gasteiger partial charge in [0.1, 0.15) is 0 Å². The molecule has 0 aromatic rings. The first-order valence-corrected chi connectivity index (χ1v) is 6.64. The Morgan fingerprint density at radius 2 is 2.12 bits per heavy atom. The van der Waals surface area contributed by atoms with Crippen LogP contribution in [0.15, 0.2) is 0 Å². The molecule has 0 aromatic carbocycles. The Kier molecular flexibility index (Phi) is 7.45. The molecule has 0 unspecified atom stereocenters. The van der Waals surface area contributed by atoms with Gasteiger partial charge >= 0.3 is 0 Å². The molecule has 1 heterocycles. The van der Waals surface area contributed by atoms with E-state index in [0.29, 0.717) is 6.61 Å². The van der Waals surface area contributed by atoms with Gasteiger partial charge in [-0.1, -0.05) is 0 Å². The first-order chi connectivity index (χ1) is 7.03. The van der Waals surface area contributed by atoms with Gasteiger partial charge in [-0.2, -0.15) is 0 Å². The van der Waals surface area contributed by atoms with Crippen molar-refractivity contribution < 1.29 is 18.3 Å². The maximum Gasteiger partial charge on any atom is 0.213 e. The van der Waals surface area contributed by atoms with Crippen molar-refractivity contribution in [3.63, 3.8) is 0 Å². The van der Waals surface area contributed by atoms with Gasteiger partial charge < -0.3 is 15.6 Å². The van der Waals surface area contributed by atoms with Crippen molar-refractivity contribution in [2.24, 2.45) is 5.73 Å². The number of rotatable bonds is 5. The molecule has 98 valence electrons. The zero-order chi connectivity index (χ0) is 11.3. The fraction of sp³-hybridized carbons (Fsp3) is 1.00. The monoisotopic (exact) mass is 274 g/mol. The highest BCUT2D eigenvalue weighted by molar-refractivity contribution is 7.89. The van der Waals surface area contributed by atoms with Crippen LogP contribution >= 0.6 is 12.4 Å². The Hall–Kier alpha value is 0.0800. The Labute approximate surface area is 102 Å². The minimum atomic E-state index is -3.36. The van der Waals surface area contributed by atoms with Gasteiger partial charge in [0.05, 0.1) is 25.1 Å². The highest BCUT2D eigenvalue weighted by atomic mass is 35.5. The number of ether oxygens (including phenoxy) is 1. The topological polar surface area (TPSA) is 102 Å². The summed E-state index contributed by atoms with van der Waals surface area (Å²) >= 11 is 0. The van der Waals surface area contributed by atoms with E-state index in [0.717, 1.165) is 12.8 Å². The van der Waals surface area contributed by atoms with Crippen LogP contribution in [0.1, 0.15) is 12.8 Å². The van der Waals surface area contributed by atoms with Crippen molar-refractivity contribution >= 4 is 22.4 Å². The molecule has 6 nitrogen and oxygen atoms in total. The van der Waals surface area contributed by atoms with E-state index in [9.17, 15) is 8.42 Å². The third-order valence-corrected chi connectivity index (χ3v) is 3.62. The lowest BCUT2D eigenvalue weighted by molar-refractivity contribution is 0.00922. The van der Waals surface area contributed by atoms with Crippen LogP contribution in [0.4, 0.5) is 0 Å². The molecule has 2 atom stereocenters. The summed E-state index contributed by atoms with van der Waals surface area (Å²) in [7, 11) is -3.36. The van der Waals surface area contributed by atoms with Gasteiger partial charge in [-0.25, -0.2) is 13.1 Å². The van der Waals surface area contributed by atoms with Crippen molar-refractivity contribution in [3.8, 4) is 0 Å². The molecule has 1 aliphatic rings. The highest BCUT2D eigenvalue weighted by Gasteiger charge is 2.20. The summed E-state index contributed by atoms with van der Waals surface area (Å²) in [6.45, 7) is 0.368. The molecule has 0 spiro atoms. The molecule has 0 aromatic heterocycles. The molecule has 0 saturated carbocycles. The standard InChI is InChI=1S/C8H18N2O4S.ClH/c9-7-1-2-8(14-6-7)5-10-15(12,13)4-3-11;/h7-8,10-11H,1-6,9H2;1H/t7-,8+;/m1./s1. The summed E-state index contributed by atoms with van der Waals surface area (Å²) in [5.41, 5.74) is 5.63. The highest BCUT2D eigenvalue weighted by Crippen LogP contribution is 2.11. The zero-order valence-electron chi connectivity index (χ0n) is 8.96. The number of nitrogens with one attached hydrogen (secondary N) is 1. The van der Waals surface area contributed by atoms with E-state index >= 15 is 0 Å². The molecule has 1 rings (SSSR count). The molecule has 8 heteroatoms. The van der Waals surface area contributed by atoms with Gasteiger partial charge in [-0.05, 0) is 12.8 Å². The van der Waals surface area contributed by atoms with E-state index in [-0.39, 0.29) is 43.5 Å². The van der Waals surface area contributed by atoms with Crippen molar-refractivity contribution in [1.29, 1.82) is 0 Å².